The summed E-state index contributed by atoms with van der Waals surface area (Å²) in [5, 5.41) is 0. The van der Waals surface area contributed by atoms with Crippen molar-refractivity contribution in [2.75, 3.05) is 0 Å². The van der Waals surface area contributed by atoms with Crippen LogP contribution in [0.4, 0.5) is 9.18 Å². The maximum absolute atomic E-state index is 13.4. The Morgan fingerprint density at radius 2 is 1.90 bits per heavy atom. The fraction of sp³-hybridized carbons (Fsp3) is 0.562. The molecule has 0 radical (unpaired) electrons. The second-order valence-corrected chi connectivity index (χ2v) is 6.29. The van der Waals surface area contributed by atoms with Crippen LogP contribution in [0.25, 0.3) is 0 Å². The van der Waals surface area contributed by atoms with E-state index in [9.17, 15) is 9.18 Å². The van der Waals surface area contributed by atoms with Crippen molar-refractivity contribution in [2.45, 2.75) is 58.0 Å². The molecular weight excluding hydrogens is 257 g/mol. The molecule has 1 saturated carbocycles. The summed E-state index contributed by atoms with van der Waals surface area (Å²) in [6.45, 7) is 7.35. The van der Waals surface area contributed by atoms with Gasteiger partial charge in [0.2, 0.25) is 0 Å². The van der Waals surface area contributed by atoms with Crippen molar-refractivity contribution in [3.63, 3.8) is 0 Å². The maximum Gasteiger partial charge on any atom is 0.411 e. The van der Waals surface area contributed by atoms with Gasteiger partial charge in [-0.2, -0.15) is 0 Å². The molecular formula is C16H22FNO2. The summed E-state index contributed by atoms with van der Waals surface area (Å²) in [7, 11) is 0. The van der Waals surface area contributed by atoms with Crippen LogP contribution in [-0.2, 0) is 4.74 Å². The van der Waals surface area contributed by atoms with Gasteiger partial charge in [0.1, 0.15) is 11.8 Å². The highest BCUT2D eigenvalue weighted by Gasteiger charge is 2.47. The predicted molar refractivity (Wildman–Crippen MR) is 76.2 cm³/mol. The van der Waals surface area contributed by atoms with Gasteiger partial charge < -0.3 is 4.74 Å². The lowest BCUT2D eigenvalue weighted by molar-refractivity contribution is 0.0135. The molecule has 20 heavy (non-hydrogen) atoms. The van der Waals surface area contributed by atoms with Crippen LogP contribution < -0.4 is 0 Å². The minimum Gasteiger partial charge on any atom is -0.444 e. The van der Waals surface area contributed by atoms with E-state index in [2.05, 4.69) is 0 Å². The van der Waals surface area contributed by atoms with Gasteiger partial charge in [-0.25, -0.2) is 9.18 Å². The topological polar surface area (TPSA) is 29.5 Å². The van der Waals surface area contributed by atoms with E-state index in [4.69, 9.17) is 4.74 Å². The lowest BCUT2D eigenvalue weighted by Gasteiger charge is -2.32. The molecule has 2 rings (SSSR count). The Bertz CT molecular complexity index is 469. The Labute approximate surface area is 119 Å². The van der Waals surface area contributed by atoms with E-state index in [1.807, 2.05) is 58.0 Å². The number of hydrogen-bond donors (Lipinski definition) is 0. The second kappa shape index (κ2) is 5.43. The molecule has 3 atom stereocenters. The summed E-state index contributed by atoms with van der Waals surface area (Å²) in [5.74, 6) is 0. The summed E-state index contributed by atoms with van der Waals surface area (Å²) >= 11 is 0. The van der Waals surface area contributed by atoms with E-state index >= 15 is 0 Å². The van der Waals surface area contributed by atoms with Gasteiger partial charge >= 0.3 is 6.09 Å². The minimum atomic E-state index is -0.936. The normalized spacial score (nSPS) is 23.1. The number of benzene rings is 1. The van der Waals surface area contributed by atoms with E-state index in [-0.39, 0.29) is 12.1 Å². The Morgan fingerprint density at radius 1 is 1.35 bits per heavy atom. The van der Waals surface area contributed by atoms with Crippen molar-refractivity contribution in [2.24, 2.45) is 0 Å². The summed E-state index contributed by atoms with van der Waals surface area (Å²) in [4.78, 5) is 13.9. The molecule has 3 nitrogen and oxygen atoms in total. The van der Waals surface area contributed by atoms with Gasteiger partial charge in [0.15, 0.2) is 0 Å². The number of carbonyl (C=O) groups excluding carboxylic acids is 1. The molecule has 1 aliphatic rings. The van der Waals surface area contributed by atoms with E-state index in [0.717, 1.165) is 5.56 Å². The maximum atomic E-state index is 13.4. The third-order valence-corrected chi connectivity index (χ3v) is 3.34. The molecule has 1 aliphatic carbocycles. The number of amides is 1. The summed E-state index contributed by atoms with van der Waals surface area (Å²) < 4.78 is 18.9. The minimum absolute atomic E-state index is 0.197. The van der Waals surface area contributed by atoms with Crippen LogP contribution in [-0.4, -0.2) is 28.8 Å². The van der Waals surface area contributed by atoms with Crippen molar-refractivity contribution >= 4 is 6.09 Å². The van der Waals surface area contributed by atoms with Crippen molar-refractivity contribution < 1.29 is 13.9 Å². The quantitative estimate of drug-likeness (QED) is 0.833. The highest BCUT2D eigenvalue weighted by Crippen LogP contribution is 2.38. The third kappa shape index (κ3) is 3.50. The predicted octanol–water partition coefficient (Wildman–Crippen LogP) is 4.10. The molecule has 4 heteroatoms. The molecule has 0 spiro atoms. The Hall–Kier alpha value is -1.58. The first-order valence-electron chi connectivity index (χ1n) is 7.00. The summed E-state index contributed by atoms with van der Waals surface area (Å²) in [5.41, 5.74) is 0.407. The first-order chi connectivity index (χ1) is 9.29. The van der Waals surface area contributed by atoms with E-state index in [1.165, 1.54) is 4.90 Å². The summed E-state index contributed by atoms with van der Waals surface area (Å²) in [6.07, 6.45) is -0.983. The molecule has 0 bridgehead atoms. The molecule has 1 aromatic rings. The number of ether oxygens (including phenoxy) is 1. The number of rotatable bonds is 3. The molecule has 0 saturated heterocycles. The zero-order valence-electron chi connectivity index (χ0n) is 12.5. The van der Waals surface area contributed by atoms with Gasteiger partial charge in [0, 0.05) is 6.42 Å². The van der Waals surface area contributed by atoms with E-state index in [1.54, 1.807) is 0 Å². The van der Waals surface area contributed by atoms with Gasteiger partial charge in [-0.05, 0) is 33.3 Å². The van der Waals surface area contributed by atoms with Crippen molar-refractivity contribution in [1.29, 1.82) is 0 Å². The van der Waals surface area contributed by atoms with Crippen molar-refractivity contribution in [1.82, 2.24) is 4.90 Å². The SMILES string of the molecule is CC(c1ccccc1)N(C(=O)OC(C)(C)C)[C@@H]1C[C@H]1F. The lowest BCUT2D eigenvalue weighted by atomic mass is 10.1. The highest BCUT2D eigenvalue weighted by molar-refractivity contribution is 5.70. The van der Waals surface area contributed by atoms with Crippen LogP contribution in [0.3, 0.4) is 0 Å². The lowest BCUT2D eigenvalue weighted by Crippen LogP contribution is -2.40. The molecule has 1 fully saturated rings. The first kappa shape index (κ1) is 14.8. The van der Waals surface area contributed by atoms with Crippen LogP contribution in [0.5, 0.6) is 0 Å². The number of halogens is 1. The van der Waals surface area contributed by atoms with Crippen LogP contribution in [0, 0.1) is 0 Å². The second-order valence-electron chi connectivity index (χ2n) is 6.29. The van der Waals surface area contributed by atoms with Crippen molar-refractivity contribution in [3.05, 3.63) is 35.9 Å². The monoisotopic (exact) mass is 279 g/mol. The van der Waals surface area contributed by atoms with Crippen molar-refractivity contribution in [3.8, 4) is 0 Å². The van der Waals surface area contributed by atoms with Gasteiger partial charge in [-0.3, -0.25) is 4.90 Å². The molecule has 0 aliphatic heterocycles. The van der Waals surface area contributed by atoms with E-state index in [0.29, 0.717) is 6.42 Å². The largest absolute Gasteiger partial charge is 0.444 e. The number of carbonyl (C=O) groups is 1. The average Bonchev–Trinajstić information content (AvgIpc) is 3.05. The zero-order valence-corrected chi connectivity index (χ0v) is 12.5. The van der Waals surface area contributed by atoms with Crippen LogP contribution >= 0.6 is 0 Å². The molecule has 0 heterocycles. The van der Waals surface area contributed by atoms with E-state index < -0.39 is 17.9 Å². The standard InChI is InChI=1S/C16H22FNO2/c1-11(12-8-6-5-7-9-12)18(14-10-13(14)17)15(19)20-16(2,3)4/h5-9,11,13-14H,10H2,1-4H3/t11?,13-,14-/m1/s1. The molecule has 110 valence electrons. The van der Waals surface area contributed by atoms with Crippen LogP contribution in [0.2, 0.25) is 0 Å². The smallest absolute Gasteiger partial charge is 0.411 e. The molecule has 0 N–H and O–H groups in total. The molecule has 1 amide bonds. The first-order valence-corrected chi connectivity index (χ1v) is 7.00. The summed E-state index contributed by atoms with van der Waals surface area (Å²) in [6, 6.07) is 9.08. The molecule has 0 aromatic heterocycles. The number of alkyl halides is 1. The van der Waals surface area contributed by atoms with Gasteiger partial charge in [0.25, 0.3) is 0 Å². The highest BCUT2D eigenvalue weighted by atomic mass is 19.1. The Balaban J connectivity index is 2.18. The fourth-order valence-electron chi connectivity index (χ4n) is 2.23. The fourth-order valence-corrected chi connectivity index (χ4v) is 2.23. The number of hydrogen-bond acceptors (Lipinski definition) is 2. The Morgan fingerprint density at radius 3 is 2.35 bits per heavy atom. The Kier molecular flexibility index (Phi) is 4.02. The molecule has 1 unspecified atom stereocenters. The third-order valence-electron chi connectivity index (χ3n) is 3.34. The van der Waals surface area contributed by atoms with Crippen LogP contribution in [0.15, 0.2) is 30.3 Å². The van der Waals surface area contributed by atoms with Gasteiger partial charge in [-0.15, -0.1) is 0 Å². The van der Waals surface area contributed by atoms with Gasteiger partial charge in [-0.1, -0.05) is 30.3 Å². The molecule has 1 aromatic carbocycles. The van der Waals surface area contributed by atoms with Gasteiger partial charge in [0.05, 0.1) is 12.1 Å². The zero-order chi connectivity index (χ0) is 14.9. The average molecular weight is 279 g/mol. The van der Waals surface area contributed by atoms with Crippen LogP contribution in [0.1, 0.15) is 45.7 Å². The number of nitrogens with zero attached hydrogens (tertiary/aromatic N) is 1.